The third-order valence-corrected chi connectivity index (χ3v) is 6.88. The molecule has 4 rings (SSSR count). The zero-order valence-corrected chi connectivity index (χ0v) is 24.1. The highest BCUT2D eigenvalue weighted by Crippen LogP contribution is 2.34. The number of nitrogens with zero attached hydrogens (tertiary/aromatic N) is 3. The van der Waals surface area contributed by atoms with Gasteiger partial charge in [-0.1, -0.05) is 58.2 Å². The summed E-state index contributed by atoms with van der Waals surface area (Å²) < 4.78 is 14.0. The minimum atomic E-state index is -0.228. The molecule has 0 saturated heterocycles. The Morgan fingerprint density at radius 3 is 2.66 bits per heavy atom. The lowest BCUT2D eigenvalue weighted by Crippen LogP contribution is -2.22. The Bertz CT molecular complexity index is 1580. The van der Waals surface area contributed by atoms with E-state index in [-0.39, 0.29) is 12.2 Å². The second-order valence-electron chi connectivity index (χ2n) is 8.53. The molecule has 38 heavy (non-hydrogen) atoms. The van der Waals surface area contributed by atoms with Crippen LogP contribution < -0.4 is 15.0 Å². The van der Waals surface area contributed by atoms with Crippen LogP contribution in [0.4, 0.5) is 0 Å². The molecule has 0 aliphatic rings. The van der Waals surface area contributed by atoms with Crippen LogP contribution in [0.1, 0.15) is 35.9 Å². The molecule has 0 fully saturated rings. The number of allylic oxidation sites excluding steroid dienone is 1. The zero-order valence-electron chi connectivity index (χ0n) is 21.0. The van der Waals surface area contributed by atoms with E-state index in [1.165, 1.54) is 4.68 Å². The molecule has 0 spiro atoms. The van der Waals surface area contributed by atoms with E-state index in [0.29, 0.717) is 51.1 Å². The van der Waals surface area contributed by atoms with Crippen molar-refractivity contribution >= 4 is 56.2 Å². The average Bonchev–Trinajstić information content (AvgIpc) is 2.89. The van der Waals surface area contributed by atoms with E-state index in [9.17, 15) is 4.79 Å². The first-order valence-electron chi connectivity index (χ1n) is 12.0. The number of ether oxygens (including phenoxy) is 2. The summed E-state index contributed by atoms with van der Waals surface area (Å²) in [5, 5.41) is 6.12. The van der Waals surface area contributed by atoms with E-state index in [2.05, 4.69) is 27.6 Å². The van der Waals surface area contributed by atoms with Gasteiger partial charge >= 0.3 is 0 Å². The second kappa shape index (κ2) is 12.6. The number of hydrogen-bond acceptors (Lipinski definition) is 5. The van der Waals surface area contributed by atoms with Crippen LogP contribution in [0.2, 0.25) is 10.0 Å². The van der Waals surface area contributed by atoms with Crippen LogP contribution in [0.5, 0.6) is 11.5 Å². The van der Waals surface area contributed by atoms with Crippen LogP contribution in [0, 0.1) is 0 Å². The van der Waals surface area contributed by atoms with Gasteiger partial charge in [0.05, 0.1) is 24.2 Å². The molecule has 0 unspecified atom stereocenters. The summed E-state index contributed by atoms with van der Waals surface area (Å²) in [4.78, 5) is 18.0. The summed E-state index contributed by atoms with van der Waals surface area (Å²) >= 11 is 15.8. The van der Waals surface area contributed by atoms with E-state index in [1.54, 1.807) is 37.6 Å². The van der Waals surface area contributed by atoms with E-state index >= 15 is 0 Å². The van der Waals surface area contributed by atoms with Crippen molar-refractivity contribution in [1.82, 2.24) is 9.66 Å². The molecular weight excluding hydrogens is 589 g/mol. The molecule has 0 amide bonds. The van der Waals surface area contributed by atoms with Crippen LogP contribution in [0.15, 0.2) is 75.6 Å². The quantitative estimate of drug-likeness (QED) is 0.136. The van der Waals surface area contributed by atoms with E-state index in [1.807, 2.05) is 37.3 Å². The molecule has 0 bridgehead atoms. The molecule has 0 aliphatic carbocycles. The molecule has 0 radical (unpaired) electrons. The summed E-state index contributed by atoms with van der Waals surface area (Å²) in [6.45, 7) is 6.14. The smallest absolute Gasteiger partial charge is 0.282 e. The van der Waals surface area contributed by atoms with E-state index in [0.717, 1.165) is 27.6 Å². The predicted octanol–water partition coefficient (Wildman–Crippen LogP) is 7.62. The molecule has 1 heterocycles. The van der Waals surface area contributed by atoms with Gasteiger partial charge in [-0.15, -0.1) is 6.58 Å². The maximum Gasteiger partial charge on any atom is 0.282 e. The monoisotopic (exact) mass is 613 g/mol. The first kappa shape index (κ1) is 27.9. The number of aromatic nitrogens is 2. The van der Waals surface area contributed by atoms with Crippen molar-refractivity contribution in [3.8, 4) is 11.5 Å². The fourth-order valence-electron chi connectivity index (χ4n) is 3.99. The van der Waals surface area contributed by atoms with Gasteiger partial charge in [-0.05, 0) is 60.9 Å². The molecule has 196 valence electrons. The SMILES string of the molecule is C=CCc1cc(C=Nn2c(CCC)nc3ccc(Br)cc3c2=O)cc(OC)c1OCc1ccc(Cl)cc1Cl. The molecule has 0 N–H and O–H groups in total. The predicted molar refractivity (Wildman–Crippen MR) is 158 cm³/mol. The molecule has 4 aromatic rings. The van der Waals surface area contributed by atoms with Crippen molar-refractivity contribution in [3.05, 3.63) is 109 Å². The van der Waals surface area contributed by atoms with Crippen LogP contribution in [-0.2, 0) is 19.4 Å². The van der Waals surface area contributed by atoms with E-state index < -0.39 is 0 Å². The summed E-state index contributed by atoms with van der Waals surface area (Å²) in [6.07, 6.45) is 5.39. The van der Waals surface area contributed by atoms with Crippen molar-refractivity contribution < 1.29 is 9.47 Å². The lowest BCUT2D eigenvalue weighted by molar-refractivity contribution is 0.282. The molecule has 3 aromatic carbocycles. The number of halogens is 3. The number of fused-ring (bicyclic) bond motifs is 1. The second-order valence-corrected chi connectivity index (χ2v) is 10.3. The van der Waals surface area contributed by atoms with E-state index in [4.69, 9.17) is 37.7 Å². The largest absolute Gasteiger partial charge is 0.493 e. The Hall–Kier alpha value is -3.13. The number of methoxy groups -OCH3 is 1. The van der Waals surface area contributed by atoms with Gasteiger partial charge in [0.15, 0.2) is 11.5 Å². The van der Waals surface area contributed by atoms with Crippen LogP contribution in [0.3, 0.4) is 0 Å². The fraction of sp³-hybridized carbons (Fsp3) is 0.207. The fourth-order valence-corrected chi connectivity index (χ4v) is 4.82. The lowest BCUT2D eigenvalue weighted by atomic mass is 10.1. The standard InChI is InChI=1S/C29H26BrCl2N3O3/c1-4-6-19-12-18(13-26(37-3)28(19)38-17-20-8-10-22(31)15-24(20)32)16-33-35-27(7-5-2)34-25-11-9-21(30)14-23(25)29(35)36/h4,8-16H,1,5-7,17H2,2-3H3. The molecule has 0 atom stereocenters. The molecule has 1 aromatic heterocycles. The summed E-state index contributed by atoms with van der Waals surface area (Å²) in [5.74, 6) is 1.70. The van der Waals surface area contributed by atoms with Crippen LogP contribution in [-0.4, -0.2) is 23.0 Å². The highest BCUT2D eigenvalue weighted by molar-refractivity contribution is 9.10. The van der Waals surface area contributed by atoms with Crippen molar-refractivity contribution in [3.63, 3.8) is 0 Å². The van der Waals surface area contributed by atoms with Gasteiger partial charge in [-0.3, -0.25) is 4.79 Å². The highest BCUT2D eigenvalue weighted by Gasteiger charge is 2.15. The maximum absolute atomic E-state index is 13.3. The van der Waals surface area contributed by atoms with Gasteiger partial charge < -0.3 is 9.47 Å². The Balaban J connectivity index is 1.72. The number of benzene rings is 3. The number of hydrogen-bond donors (Lipinski definition) is 0. The number of rotatable bonds is 10. The van der Waals surface area contributed by atoms with Gasteiger partial charge in [-0.25, -0.2) is 4.98 Å². The van der Waals surface area contributed by atoms with Crippen molar-refractivity contribution in [2.75, 3.05) is 7.11 Å². The Labute approximate surface area is 239 Å². The Morgan fingerprint density at radius 1 is 1.13 bits per heavy atom. The Kier molecular flexibility index (Phi) is 9.26. The summed E-state index contributed by atoms with van der Waals surface area (Å²) in [5.41, 5.74) is 2.80. The zero-order chi connectivity index (χ0) is 27.2. The normalized spacial score (nSPS) is 11.3. The molecule has 0 aliphatic heterocycles. The lowest BCUT2D eigenvalue weighted by Gasteiger charge is -2.16. The van der Waals surface area contributed by atoms with Crippen molar-refractivity contribution in [1.29, 1.82) is 0 Å². The van der Waals surface area contributed by atoms with Crippen molar-refractivity contribution in [2.24, 2.45) is 5.10 Å². The first-order valence-corrected chi connectivity index (χ1v) is 13.5. The minimum Gasteiger partial charge on any atom is -0.493 e. The summed E-state index contributed by atoms with van der Waals surface area (Å²) in [6, 6.07) is 14.5. The molecule has 6 nitrogen and oxygen atoms in total. The molecule has 0 saturated carbocycles. The summed E-state index contributed by atoms with van der Waals surface area (Å²) in [7, 11) is 1.57. The van der Waals surface area contributed by atoms with Gasteiger partial charge in [0.1, 0.15) is 12.4 Å². The minimum absolute atomic E-state index is 0.228. The van der Waals surface area contributed by atoms with Gasteiger partial charge in [0.2, 0.25) is 0 Å². The Morgan fingerprint density at radius 2 is 1.95 bits per heavy atom. The first-order chi connectivity index (χ1) is 18.3. The molecule has 9 heteroatoms. The topological polar surface area (TPSA) is 65.7 Å². The third kappa shape index (κ3) is 6.29. The van der Waals surface area contributed by atoms with Gasteiger partial charge in [0, 0.05) is 32.1 Å². The van der Waals surface area contributed by atoms with Crippen molar-refractivity contribution in [2.45, 2.75) is 32.8 Å². The third-order valence-electron chi connectivity index (χ3n) is 5.80. The van der Waals surface area contributed by atoms with Gasteiger partial charge in [0.25, 0.3) is 5.56 Å². The molecular formula is C29H26BrCl2N3O3. The maximum atomic E-state index is 13.3. The van der Waals surface area contributed by atoms with Gasteiger partial charge in [-0.2, -0.15) is 9.78 Å². The average molecular weight is 615 g/mol. The van der Waals surface area contributed by atoms with Crippen LogP contribution in [0.25, 0.3) is 10.9 Å². The number of aryl methyl sites for hydroxylation is 1. The van der Waals surface area contributed by atoms with Crippen LogP contribution >= 0.6 is 39.1 Å². The highest BCUT2D eigenvalue weighted by atomic mass is 79.9.